The molecule has 27 heavy (non-hydrogen) atoms. The van der Waals surface area contributed by atoms with Gasteiger partial charge in [0.1, 0.15) is 5.75 Å². The number of thioether (sulfide) groups is 1. The van der Waals surface area contributed by atoms with Gasteiger partial charge in [0.05, 0.1) is 0 Å². The van der Waals surface area contributed by atoms with Crippen LogP contribution in [0, 0.1) is 0 Å². The van der Waals surface area contributed by atoms with Crippen molar-refractivity contribution in [1.82, 2.24) is 14.8 Å². The maximum Gasteiger partial charge on any atom is 0.191 e. The minimum Gasteiger partial charge on any atom is -0.483 e. The number of hydrogen-bond donors (Lipinski definition) is 0. The van der Waals surface area contributed by atoms with Crippen LogP contribution in [0.1, 0.15) is 43.8 Å². The SMILES string of the molecule is CCc1ccc(OC(C)c2nnc(SCc3ccccc3Cl)n2CC)cc1. The Balaban J connectivity index is 1.71. The molecule has 142 valence electrons. The van der Waals surface area contributed by atoms with Gasteiger partial charge in [-0.15, -0.1) is 10.2 Å². The summed E-state index contributed by atoms with van der Waals surface area (Å²) in [6.45, 7) is 7.03. The lowest BCUT2D eigenvalue weighted by molar-refractivity contribution is 0.210. The lowest BCUT2D eigenvalue weighted by Crippen LogP contribution is -2.12. The molecule has 0 amide bonds. The molecular weight excluding hydrogens is 378 g/mol. The van der Waals surface area contributed by atoms with E-state index in [2.05, 4.69) is 40.7 Å². The molecule has 1 aromatic heterocycles. The maximum absolute atomic E-state index is 6.26. The minimum atomic E-state index is -0.181. The van der Waals surface area contributed by atoms with Crippen LogP contribution in [0.15, 0.2) is 53.7 Å². The molecule has 2 aromatic carbocycles. The van der Waals surface area contributed by atoms with Crippen molar-refractivity contribution in [3.63, 3.8) is 0 Å². The molecule has 0 aliphatic rings. The summed E-state index contributed by atoms with van der Waals surface area (Å²) < 4.78 is 8.19. The number of rotatable bonds is 8. The quantitative estimate of drug-likeness (QED) is 0.437. The topological polar surface area (TPSA) is 39.9 Å². The van der Waals surface area contributed by atoms with E-state index in [9.17, 15) is 0 Å². The fourth-order valence-electron chi connectivity index (χ4n) is 2.82. The molecular formula is C21H24ClN3OS. The van der Waals surface area contributed by atoms with E-state index in [0.29, 0.717) is 0 Å². The van der Waals surface area contributed by atoms with Crippen molar-refractivity contribution in [1.29, 1.82) is 0 Å². The van der Waals surface area contributed by atoms with Gasteiger partial charge in [0.15, 0.2) is 17.1 Å². The highest BCUT2D eigenvalue weighted by Gasteiger charge is 2.19. The highest BCUT2D eigenvalue weighted by Crippen LogP contribution is 2.28. The summed E-state index contributed by atoms with van der Waals surface area (Å²) in [5.41, 5.74) is 2.39. The Morgan fingerprint density at radius 2 is 1.81 bits per heavy atom. The number of aromatic nitrogens is 3. The number of benzene rings is 2. The van der Waals surface area contributed by atoms with E-state index in [4.69, 9.17) is 16.3 Å². The molecule has 0 saturated heterocycles. The van der Waals surface area contributed by atoms with Crippen LogP contribution < -0.4 is 4.74 Å². The average molecular weight is 402 g/mol. The van der Waals surface area contributed by atoms with Crippen LogP contribution in [0.4, 0.5) is 0 Å². The largest absolute Gasteiger partial charge is 0.483 e. The van der Waals surface area contributed by atoms with Gasteiger partial charge in [-0.1, -0.05) is 60.6 Å². The van der Waals surface area contributed by atoms with Crippen molar-refractivity contribution in [2.24, 2.45) is 0 Å². The molecule has 0 saturated carbocycles. The number of nitrogens with zero attached hydrogens (tertiary/aromatic N) is 3. The highest BCUT2D eigenvalue weighted by atomic mass is 35.5. The Hall–Kier alpha value is -1.98. The van der Waals surface area contributed by atoms with Crippen LogP contribution in [-0.2, 0) is 18.7 Å². The average Bonchev–Trinajstić information content (AvgIpc) is 3.11. The van der Waals surface area contributed by atoms with Crippen LogP contribution in [0.25, 0.3) is 0 Å². The van der Waals surface area contributed by atoms with Crippen LogP contribution in [0.3, 0.4) is 0 Å². The predicted molar refractivity (Wildman–Crippen MR) is 112 cm³/mol. The third-order valence-electron chi connectivity index (χ3n) is 4.38. The van der Waals surface area contributed by atoms with Crippen LogP contribution in [0.5, 0.6) is 5.75 Å². The Bertz CT molecular complexity index is 879. The molecule has 1 heterocycles. The second-order valence-corrected chi connectivity index (χ2v) is 7.57. The molecule has 0 radical (unpaired) electrons. The molecule has 0 aliphatic carbocycles. The van der Waals surface area contributed by atoms with Gasteiger partial charge in [0, 0.05) is 17.3 Å². The Morgan fingerprint density at radius 3 is 2.48 bits per heavy atom. The van der Waals surface area contributed by atoms with Gasteiger partial charge in [0.2, 0.25) is 0 Å². The third-order valence-corrected chi connectivity index (χ3v) is 5.77. The van der Waals surface area contributed by atoms with Gasteiger partial charge in [0.25, 0.3) is 0 Å². The van der Waals surface area contributed by atoms with Gasteiger partial charge in [-0.2, -0.15) is 0 Å². The van der Waals surface area contributed by atoms with E-state index in [1.54, 1.807) is 11.8 Å². The summed E-state index contributed by atoms with van der Waals surface area (Å²) in [5.74, 6) is 2.43. The molecule has 3 aromatic rings. The molecule has 0 bridgehead atoms. The first kappa shape index (κ1) is 19.8. The van der Waals surface area contributed by atoms with E-state index in [1.165, 1.54) is 5.56 Å². The van der Waals surface area contributed by atoms with Gasteiger partial charge in [-0.3, -0.25) is 0 Å². The van der Waals surface area contributed by atoms with Crippen molar-refractivity contribution in [3.05, 3.63) is 70.5 Å². The summed E-state index contributed by atoms with van der Waals surface area (Å²) in [6, 6.07) is 16.1. The third kappa shape index (κ3) is 4.85. The van der Waals surface area contributed by atoms with E-state index < -0.39 is 0 Å². The van der Waals surface area contributed by atoms with Crippen molar-refractivity contribution in [2.75, 3.05) is 0 Å². The molecule has 3 rings (SSSR count). The van der Waals surface area contributed by atoms with Gasteiger partial charge < -0.3 is 9.30 Å². The van der Waals surface area contributed by atoms with E-state index >= 15 is 0 Å². The second kappa shape index (κ2) is 9.29. The normalized spacial score (nSPS) is 12.1. The fourth-order valence-corrected chi connectivity index (χ4v) is 4.12. The lowest BCUT2D eigenvalue weighted by Gasteiger charge is -2.16. The molecule has 0 N–H and O–H groups in total. The number of ether oxygens (including phenoxy) is 1. The first-order valence-corrected chi connectivity index (χ1v) is 10.5. The maximum atomic E-state index is 6.26. The monoisotopic (exact) mass is 401 g/mol. The summed E-state index contributed by atoms with van der Waals surface area (Å²) in [5, 5.41) is 10.4. The molecule has 1 unspecified atom stereocenters. The van der Waals surface area contributed by atoms with E-state index in [-0.39, 0.29) is 6.10 Å². The summed E-state index contributed by atoms with van der Waals surface area (Å²) in [4.78, 5) is 0. The van der Waals surface area contributed by atoms with Crippen LogP contribution >= 0.6 is 23.4 Å². The van der Waals surface area contributed by atoms with Gasteiger partial charge in [-0.25, -0.2) is 0 Å². The Kier molecular flexibility index (Phi) is 6.80. The van der Waals surface area contributed by atoms with Gasteiger partial charge >= 0.3 is 0 Å². The second-order valence-electron chi connectivity index (χ2n) is 6.22. The van der Waals surface area contributed by atoms with Crippen molar-refractivity contribution >= 4 is 23.4 Å². The number of hydrogen-bond acceptors (Lipinski definition) is 4. The minimum absolute atomic E-state index is 0.181. The summed E-state index contributed by atoms with van der Waals surface area (Å²) in [6.07, 6.45) is 0.839. The predicted octanol–water partition coefficient (Wildman–Crippen LogP) is 5.95. The smallest absolute Gasteiger partial charge is 0.191 e. The molecule has 4 nitrogen and oxygen atoms in total. The number of aryl methyl sites for hydroxylation is 1. The zero-order chi connectivity index (χ0) is 19.2. The molecule has 0 fully saturated rings. The van der Waals surface area contributed by atoms with Crippen LogP contribution in [-0.4, -0.2) is 14.8 Å². The number of halogens is 1. The van der Waals surface area contributed by atoms with Crippen molar-refractivity contribution < 1.29 is 4.74 Å². The first-order chi connectivity index (χ1) is 13.1. The van der Waals surface area contributed by atoms with E-state index in [1.807, 2.05) is 43.3 Å². The lowest BCUT2D eigenvalue weighted by atomic mass is 10.2. The standard InChI is InChI=1S/C21H24ClN3OS/c1-4-16-10-12-18(13-11-16)26-15(3)20-23-24-21(25(20)5-2)27-14-17-8-6-7-9-19(17)22/h6-13,15H,4-5,14H2,1-3H3. The van der Waals surface area contributed by atoms with E-state index in [0.717, 1.165) is 46.0 Å². The van der Waals surface area contributed by atoms with Crippen molar-refractivity contribution in [2.45, 2.75) is 50.8 Å². The molecule has 1 atom stereocenters. The Morgan fingerprint density at radius 1 is 1.07 bits per heavy atom. The molecule has 0 spiro atoms. The van der Waals surface area contributed by atoms with Crippen LogP contribution in [0.2, 0.25) is 5.02 Å². The first-order valence-electron chi connectivity index (χ1n) is 9.17. The molecule has 0 aliphatic heterocycles. The summed E-state index contributed by atoms with van der Waals surface area (Å²) >= 11 is 7.89. The van der Waals surface area contributed by atoms with Gasteiger partial charge in [-0.05, 0) is 49.6 Å². The fraction of sp³-hybridized carbons (Fsp3) is 0.333. The van der Waals surface area contributed by atoms with Crippen molar-refractivity contribution in [3.8, 4) is 5.75 Å². The zero-order valence-corrected chi connectivity index (χ0v) is 17.4. The Labute approximate surface area is 169 Å². The summed E-state index contributed by atoms with van der Waals surface area (Å²) in [7, 11) is 0. The molecule has 6 heteroatoms. The highest BCUT2D eigenvalue weighted by molar-refractivity contribution is 7.98. The zero-order valence-electron chi connectivity index (χ0n) is 15.9.